The SMILES string of the molecule is CC(C)(C)OC(=O)N[C@H](Cc1cnc[nH]1)C(=O)[O-]. The van der Waals surface area contributed by atoms with Gasteiger partial charge in [-0.3, -0.25) is 0 Å². The second-order valence-electron chi connectivity index (χ2n) is 4.80. The largest absolute Gasteiger partial charge is 0.548 e. The number of carbonyl (C=O) groups excluding carboxylic acids is 2. The number of aromatic amines is 1. The number of hydrogen-bond acceptors (Lipinski definition) is 5. The van der Waals surface area contributed by atoms with E-state index in [4.69, 9.17) is 4.74 Å². The van der Waals surface area contributed by atoms with E-state index in [1.807, 2.05) is 0 Å². The molecule has 1 rings (SSSR count). The number of ether oxygens (including phenoxy) is 1. The molecule has 7 heteroatoms. The van der Waals surface area contributed by atoms with E-state index in [9.17, 15) is 14.7 Å². The fourth-order valence-corrected chi connectivity index (χ4v) is 1.26. The summed E-state index contributed by atoms with van der Waals surface area (Å²) in [6.07, 6.45) is 2.17. The number of rotatable bonds is 4. The zero-order valence-electron chi connectivity index (χ0n) is 10.5. The van der Waals surface area contributed by atoms with Gasteiger partial charge in [-0.25, -0.2) is 9.78 Å². The highest BCUT2D eigenvalue weighted by Gasteiger charge is 2.20. The monoisotopic (exact) mass is 254 g/mol. The van der Waals surface area contributed by atoms with Crippen LogP contribution in [0.3, 0.4) is 0 Å². The highest BCUT2D eigenvalue weighted by Crippen LogP contribution is 2.07. The Kier molecular flexibility index (Phi) is 4.30. The summed E-state index contributed by atoms with van der Waals surface area (Å²) in [6, 6.07) is -1.17. The van der Waals surface area contributed by atoms with Crippen molar-refractivity contribution in [2.24, 2.45) is 0 Å². The molecule has 0 bridgehead atoms. The second kappa shape index (κ2) is 5.52. The minimum absolute atomic E-state index is 0.0571. The quantitative estimate of drug-likeness (QED) is 0.760. The number of carbonyl (C=O) groups is 2. The molecule has 0 spiro atoms. The summed E-state index contributed by atoms with van der Waals surface area (Å²) in [5.41, 5.74) is -0.102. The average molecular weight is 254 g/mol. The molecule has 2 N–H and O–H groups in total. The van der Waals surface area contributed by atoms with Crippen LogP contribution in [-0.4, -0.2) is 33.7 Å². The molecule has 0 aromatic carbocycles. The highest BCUT2D eigenvalue weighted by molar-refractivity contribution is 5.78. The molecule has 7 nitrogen and oxygen atoms in total. The average Bonchev–Trinajstić information content (AvgIpc) is 2.66. The second-order valence-corrected chi connectivity index (χ2v) is 4.80. The number of aliphatic carboxylic acids is 1. The molecule has 1 heterocycles. The van der Waals surface area contributed by atoms with E-state index in [0.717, 1.165) is 0 Å². The van der Waals surface area contributed by atoms with Crippen LogP contribution in [0.2, 0.25) is 0 Å². The Morgan fingerprint density at radius 2 is 2.22 bits per heavy atom. The van der Waals surface area contributed by atoms with Gasteiger partial charge in [-0.1, -0.05) is 0 Å². The van der Waals surface area contributed by atoms with Gasteiger partial charge in [-0.15, -0.1) is 0 Å². The Bertz CT molecular complexity index is 408. The third kappa shape index (κ3) is 4.86. The summed E-state index contributed by atoms with van der Waals surface area (Å²) in [6.45, 7) is 5.07. The number of H-pyrrole nitrogens is 1. The van der Waals surface area contributed by atoms with Crippen LogP contribution in [-0.2, 0) is 16.0 Å². The molecular formula is C11H16N3O4-. The van der Waals surface area contributed by atoms with E-state index in [1.54, 1.807) is 20.8 Å². The first-order valence-corrected chi connectivity index (χ1v) is 5.45. The summed E-state index contributed by atoms with van der Waals surface area (Å²) in [4.78, 5) is 28.9. The maximum atomic E-state index is 11.5. The van der Waals surface area contributed by atoms with Crippen molar-refractivity contribution in [2.45, 2.75) is 38.8 Å². The van der Waals surface area contributed by atoms with E-state index in [1.165, 1.54) is 12.5 Å². The topological polar surface area (TPSA) is 107 Å². The molecule has 0 aliphatic heterocycles. The molecule has 1 amide bonds. The maximum absolute atomic E-state index is 11.5. The first-order valence-electron chi connectivity index (χ1n) is 5.45. The van der Waals surface area contributed by atoms with Crippen LogP contribution in [0.1, 0.15) is 26.5 Å². The predicted octanol–water partition coefficient (Wildman–Crippen LogP) is -0.405. The lowest BCUT2D eigenvalue weighted by Crippen LogP contribution is -2.50. The summed E-state index contributed by atoms with van der Waals surface area (Å²) >= 11 is 0. The summed E-state index contributed by atoms with van der Waals surface area (Å²) in [5.74, 6) is -1.38. The van der Waals surface area contributed by atoms with Crippen molar-refractivity contribution >= 4 is 12.1 Å². The minimum atomic E-state index is -1.38. The zero-order chi connectivity index (χ0) is 13.8. The van der Waals surface area contributed by atoms with Gasteiger partial charge in [0.15, 0.2) is 0 Å². The van der Waals surface area contributed by atoms with Crippen LogP contribution >= 0.6 is 0 Å². The Labute approximate surface area is 105 Å². The number of carboxylic acids is 1. The number of carboxylic acid groups (broad SMARTS) is 1. The molecule has 18 heavy (non-hydrogen) atoms. The zero-order valence-corrected chi connectivity index (χ0v) is 10.5. The van der Waals surface area contributed by atoms with Gasteiger partial charge in [0.2, 0.25) is 0 Å². The van der Waals surface area contributed by atoms with Crippen molar-refractivity contribution in [1.82, 2.24) is 15.3 Å². The number of nitrogens with one attached hydrogen (secondary N) is 2. The third-order valence-electron chi connectivity index (χ3n) is 1.95. The number of imidazole rings is 1. The number of hydrogen-bond donors (Lipinski definition) is 2. The van der Waals surface area contributed by atoms with Gasteiger partial charge in [0.05, 0.1) is 18.3 Å². The van der Waals surface area contributed by atoms with Gasteiger partial charge in [0, 0.05) is 18.3 Å². The number of aromatic nitrogens is 2. The first kappa shape index (κ1) is 14.0. The maximum Gasteiger partial charge on any atom is 0.408 e. The molecule has 0 aliphatic rings. The number of alkyl carbamates (subject to hydrolysis) is 1. The first-order chi connectivity index (χ1) is 8.28. The Hall–Kier alpha value is -2.05. The fourth-order valence-electron chi connectivity index (χ4n) is 1.26. The Balaban J connectivity index is 2.58. The smallest absolute Gasteiger partial charge is 0.408 e. The van der Waals surface area contributed by atoms with Crippen molar-refractivity contribution in [2.75, 3.05) is 0 Å². The minimum Gasteiger partial charge on any atom is -0.548 e. The van der Waals surface area contributed by atoms with Crippen LogP contribution in [0.5, 0.6) is 0 Å². The molecule has 0 saturated heterocycles. The van der Waals surface area contributed by atoms with E-state index in [2.05, 4.69) is 15.3 Å². The lowest BCUT2D eigenvalue weighted by molar-refractivity contribution is -0.308. The molecule has 0 saturated carbocycles. The predicted molar refractivity (Wildman–Crippen MR) is 60.5 cm³/mol. The summed E-state index contributed by atoms with van der Waals surface area (Å²) < 4.78 is 4.97. The van der Waals surface area contributed by atoms with Crippen LogP contribution < -0.4 is 10.4 Å². The van der Waals surface area contributed by atoms with Crippen molar-refractivity contribution in [3.8, 4) is 0 Å². The molecular weight excluding hydrogens is 238 g/mol. The van der Waals surface area contributed by atoms with E-state index < -0.39 is 23.7 Å². The molecule has 0 aliphatic carbocycles. The van der Waals surface area contributed by atoms with Gasteiger partial charge in [0.1, 0.15) is 5.60 Å². The van der Waals surface area contributed by atoms with Crippen molar-refractivity contribution in [3.05, 3.63) is 18.2 Å². The fraction of sp³-hybridized carbons (Fsp3) is 0.545. The van der Waals surface area contributed by atoms with Gasteiger partial charge >= 0.3 is 6.09 Å². The molecule has 100 valence electrons. The molecule has 1 atom stereocenters. The highest BCUT2D eigenvalue weighted by atomic mass is 16.6. The van der Waals surface area contributed by atoms with Crippen LogP contribution in [0.4, 0.5) is 4.79 Å². The Morgan fingerprint density at radius 3 is 2.67 bits per heavy atom. The molecule has 0 fully saturated rings. The lowest BCUT2D eigenvalue weighted by atomic mass is 10.1. The van der Waals surface area contributed by atoms with Crippen LogP contribution in [0.25, 0.3) is 0 Å². The molecule has 1 aromatic rings. The van der Waals surface area contributed by atoms with Gasteiger partial charge in [0.25, 0.3) is 0 Å². The van der Waals surface area contributed by atoms with Crippen molar-refractivity contribution < 1.29 is 19.4 Å². The van der Waals surface area contributed by atoms with E-state index in [-0.39, 0.29) is 6.42 Å². The number of amides is 1. The lowest BCUT2D eigenvalue weighted by Gasteiger charge is -2.23. The van der Waals surface area contributed by atoms with E-state index in [0.29, 0.717) is 5.69 Å². The Morgan fingerprint density at radius 1 is 1.56 bits per heavy atom. The van der Waals surface area contributed by atoms with Gasteiger partial charge < -0.3 is 24.9 Å². The summed E-state index contributed by atoms with van der Waals surface area (Å²) in [5, 5.41) is 13.2. The molecule has 0 radical (unpaired) electrons. The van der Waals surface area contributed by atoms with Crippen molar-refractivity contribution in [1.29, 1.82) is 0 Å². The summed E-state index contributed by atoms with van der Waals surface area (Å²) in [7, 11) is 0. The van der Waals surface area contributed by atoms with E-state index >= 15 is 0 Å². The molecule has 1 aromatic heterocycles. The molecule has 0 unspecified atom stereocenters. The third-order valence-corrected chi connectivity index (χ3v) is 1.95. The van der Waals surface area contributed by atoms with Gasteiger partial charge in [-0.05, 0) is 20.8 Å². The van der Waals surface area contributed by atoms with Crippen molar-refractivity contribution in [3.63, 3.8) is 0 Å². The normalized spacial score (nSPS) is 12.8. The van der Waals surface area contributed by atoms with Crippen LogP contribution in [0, 0.1) is 0 Å². The number of nitrogens with zero attached hydrogens (tertiary/aromatic N) is 1. The van der Waals surface area contributed by atoms with Gasteiger partial charge in [-0.2, -0.15) is 0 Å². The standard InChI is InChI=1S/C11H17N3O4/c1-11(2,3)18-10(17)14-8(9(15)16)4-7-5-12-6-13-7/h5-6,8H,4H2,1-3H3,(H,12,13)(H,14,17)(H,15,16)/p-1/t8-/m1/s1. The van der Waals surface area contributed by atoms with Crippen LogP contribution in [0.15, 0.2) is 12.5 Å².